The molecule has 2 heteroatoms. The van der Waals surface area contributed by atoms with Crippen molar-refractivity contribution in [3.63, 3.8) is 0 Å². The number of halogens is 2. The lowest BCUT2D eigenvalue weighted by molar-refractivity contribution is -0.0640. The van der Waals surface area contributed by atoms with Gasteiger partial charge >= 0.3 is 0 Å². The molecule has 0 nitrogen and oxygen atoms in total. The molecular formula is C9H16F2. The van der Waals surface area contributed by atoms with Gasteiger partial charge in [-0.15, -0.1) is 0 Å². The fraction of sp³-hybridized carbons (Fsp3) is 1.00. The zero-order chi connectivity index (χ0) is 8.54. The third-order valence-electron chi connectivity index (χ3n) is 3.04. The highest BCUT2D eigenvalue weighted by atomic mass is 19.3. The highest BCUT2D eigenvalue weighted by molar-refractivity contribution is 4.84. The largest absolute Gasteiger partial charge is 0.248 e. The molecule has 1 saturated carbocycles. The molecule has 0 heterocycles. The van der Waals surface area contributed by atoms with Gasteiger partial charge in [-0.1, -0.05) is 20.3 Å². The molecule has 66 valence electrons. The molecule has 0 N–H and O–H groups in total. The predicted octanol–water partition coefficient (Wildman–Crippen LogP) is 3.61. The van der Waals surface area contributed by atoms with E-state index in [1.165, 1.54) is 0 Å². The quantitative estimate of drug-likeness (QED) is 0.552. The van der Waals surface area contributed by atoms with E-state index in [2.05, 4.69) is 13.8 Å². The van der Waals surface area contributed by atoms with Gasteiger partial charge in [0, 0.05) is 12.8 Å². The minimum Gasteiger partial charge on any atom is -0.207 e. The minimum absolute atomic E-state index is 0.0946. The Morgan fingerprint density at radius 1 is 1.09 bits per heavy atom. The monoisotopic (exact) mass is 162 g/mol. The van der Waals surface area contributed by atoms with Crippen molar-refractivity contribution in [3.05, 3.63) is 0 Å². The molecule has 0 spiro atoms. The summed E-state index contributed by atoms with van der Waals surface area (Å²) >= 11 is 0. The van der Waals surface area contributed by atoms with Gasteiger partial charge in [0.1, 0.15) is 0 Å². The van der Waals surface area contributed by atoms with Crippen molar-refractivity contribution in [1.29, 1.82) is 0 Å². The number of rotatable bonds is 1. The smallest absolute Gasteiger partial charge is 0.207 e. The highest BCUT2D eigenvalue weighted by Crippen LogP contribution is 2.44. The summed E-state index contributed by atoms with van der Waals surface area (Å²) in [5.74, 6) is -2.37. The second-order valence-electron chi connectivity index (χ2n) is 4.02. The van der Waals surface area contributed by atoms with Crippen molar-refractivity contribution < 1.29 is 8.78 Å². The maximum Gasteiger partial charge on any atom is 0.248 e. The van der Waals surface area contributed by atoms with Crippen molar-refractivity contribution in [2.75, 3.05) is 0 Å². The normalized spacial score (nSPS) is 28.4. The Bertz CT molecular complexity index is 130. The zero-order valence-corrected chi connectivity index (χ0v) is 7.29. The Balaban J connectivity index is 2.48. The van der Waals surface area contributed by atoms with E-state index in [1.807, 2.05) is 0 Å². The Morgan fingerprint density at radius 2 is 1.55 bits per heavy atom. The molecule has 1 rings (SSSR count). The van der Waals surface area contributed by atoms with Crippen LogP contribution in [0, 0.1) is 5.41 Å². The Kier molecular flexibility index (Phi) is 2.22. The van der Waals surface area contributed by atoms with E-state index < -0.39 is 5.92 Å². The lowest BCUT2D eigenvalue weighted by Gasteiger charge is -2.36. The summed E-state index contributed by atoms with van der Waals surface area (Å²) in [6.45, 7) is 4.20. The first-order valence-corrected chi connectivity index (χ1v) is 4.35. The van der Waals surface area contributed by atoms with Crippen molar-refractivity contribution in [2.45, 2.75) is 51.9 Å². The van der Waals surface area contributed by atoms with Crippen LogP contribution in [-0.2, 0) is 0 Å². The van der Waals surface area contributed by atoms with Crippen LogP contribution in [0.5, 0.6) is 0 Å². The Labute approximate surface area is 67.0 Å². The van der Waals surface area contributed by atoms with Crippen LogP contribution in [0.15, 0.2) is 0 Å². The molecule has 1 fully saturated rings. The van der Waals surface area contributed by atoms with Crippen LogP contribution in [-0.4, -0.2) is 5.92 Å². The van der Waals surface area contributed by atoms with E-state index in [1.54, 1.807) is 0 Å². The van der Waals surface area contributed by atoms with Gasteiger partial charge in [-0.05, 0) is 18.3 Å². The third-order valence-corrected chi connectivity index (χ3v) is 3.04. The topological polar surface area (TPSA) is 0 Å². The summed E-state index contributed by atoms with van der Waals surface area (Å²) in [5.41, 5.74) is 0.196. The lowest BCUT2D eigenvalue weighted by atomic mass is 9.73. The average Bonchev–Trinajstić information content (AvgIpc) is 1.97. The zero-order valence-electron chi connectivity index (χ0n) is 7.29. The van der Waals surface area contributed by atoms with Gasteiger partial charge in [0.2, 0.25) is 5.92 Å². The van der Waals surface area contributed by atoms with E-state index in [4.69, 9.17) is 0 Å². The van der Waals surface area contributed by atoms with Crippen LogP contribution in [0.3, 0.4) is 0 Å². The molecule has 0 aromatic carbocycles. The van der Waals surface area contributed by atoms with E-state index in [0.717, 1.165) is 6.42 Å². The molecule has 0 amide bonds. The van der Waals surface area contributed by atoms with Gasteiger partial charge in [-0.3, -0.25) is 0 Å². The van der Waals surface area contributed by atoms with Gasteiger partial charge in [0.05, 0.1) is 0 Å². The van der Waals surface area contributed by atoms with Crippen molar-refractivity contribution in [2.24, 2.45) is 5.41 Å². The summed E-state index contributed by atoms with van der Waals surface area (Å²) < 4.78 is 25.4. The third kappa shape index (κ3) is 2.14. The van der Waals surface area contributed by atoms with E-state index >= 15 is 0 Å². The molecule has 11 heavy (non-hydrogen) atoms. The fourth-order valence-electron chi connectivity index (χ4n) is 1.57. The van der Waals surface area contributed by atoms with Crippen molar-refractivity contribution in [1.82, 2.24) is 0 Å². The van der Waals surface area contributed by atoms with Crippen molar-refractivity contribution in [3.8, 4) is 0 Å². The molecule has 0 aromatic rings. The van der Waals surface area contributed by atoms with Crippen LogP contribution >= 0.6 is 0 Å². The standard InChI is InChI=1S/C9H16F2/c1-3-8(2)4-6-9(10,11)7-5-8/h3-7H2,1-2H3. The van der Waals surface area contributed by atoms with Gasteiger partial charge in [0.15, 0.2) is 0 Å². The number of alkyl halides is 2. The number of hydrogen-bond donors (Lipinski definition) is 0. The maximum absolute atomic E-state index is 12.7. The highest BCUT2D eigenvalue weighted by Gasteiger charge is 2.39. The molecular weight excluding hydrogens is 146 g/mol. The van der Waals surface area contributed by atoms with Crippen LogP contribution in [0.25, 0.3) is 0 Å². The molecule has 0 bridgehead atoms. The first-order chi connectivity index (χ1) is 4.97. The fourth-order valence-corrected chi connectivity index (χ4v) is 1.57. The van der Waals surface area contributed by atoms with E-state index in [0.29, 0.717) is 12.8 Å². The first kappa shape index (κ1) is 8.95. The molecule has 0 atom stereocenters. The second-order valence-corrected chi connectivity index (χ2v) is 4.02. The van der Waals surface area contributed by atoms with Gasteiger partial charge in [-0.25, -0.2) is 8.78 Å². The second kappa shape index (κ2) is 2.72. The molecule has 0 unspecified atom stereocenters. The molecule has 1 aliphatic carbocycles. The number of hydrogen-bond acceptors (Lipinski definition) is 0. The predicted molar refractivity (Wildman–Crippen MR) is 41.8 cm³/mol. The molecule has 0 aliphatic heterocycles. The van der Waals surface area contributed by atoms with E-state index in [-0.39, 0.29) is 18.3 Å². The van der Waals surface area contributed by atoms with Gasteiger partial charge in [0.25, 0.3) is 0 Å². The van der Waals surface area contributed by atoms with Crippen LogP contribution < -0.4 is 0 Å². The van der Waals surface area contributed by atoms with Crippen LogP contribution in [0.1, 0.15) is 46.0 Å². The summed E-state index contributed by atoms with van der Waals surface area (Å²) in [6, 6.07) is 0. The van der Waals surface area contributed by atoms with Crippen LogP contribution in [0.2, 0.25) is 0 Å². The maximum atomic E-state index is 12.7. The minimum atomic E-state index is -2.37. The molecule has 1 aliphatic rings. The van der Waals surface area contributed by atoms with Gasteiger partial charge < -0.3 is 0 Å². The summed E-state index contributed by atoms with van der Waals surface area (Å²) in [4.78, 5) is 0. The lowest BCUT2D eigenvalue weighted by Crippen LogP contribution is -2.30. The molecule has 0 aromatic heterocycles. The van der Waals surface area contributed by atoms with Crippen molar-refractivity contribution >= 4 is 0 Å². The average molecular weight is 162 g/mol. The molecule has 0 radical (unpaired) electrons. The summed E-state index contributed by atoms with van der Waals surface area (Å²) in [5, 5.41) is 0. The van der Waals surface area contributed by atoms with Crippen LogP contribution in [0.4, 0.5) is 8.78 Å². The molecule has 0 saturated heterocycles. The summed E-state index contributed by atoms with van der Waals surface area (Å²) in [7, 11) is 0. The first-order valence-electron chi connectivity index (χ1n) is 4.35. The Hall–Kier alpha value is -0.140. The van der Waals surface area contributed by atoms with Gasteiger partial charge in [-0.2, -0.15) is 0 Å². The summed E-state index contributed by atoms with van der Waals surface area (Å²) in [6.07, 6.45) is 2.60. The Morgan fingerprint density at radius 3 is 1.91 bits per heavy atom. The van der Waals surface area contributed by atoms with E-state index in [9.17, 15) is 8.78 Å². The SMILES string of the molecule is CCC1(C)CCC(F)(F)CC1.